The summed E-state index contributed by atoms with van der Waals surface area (Å²) in [5, 5.41) is 0. The van der Waals surface area contributed by atoms with Crippen LogP contribution in [0.2, 0.25) is 0 Å². The maximum absolute atomic E-state index is 12.6. The van der Waals surface area contributed by atoms with Gasteiger partial charge in [-0.05, 0) is 31.7 Å². The van der Waals surface area contributed by atoms with E-state index in [0.29, 0.717) is 13.1 Å². The van der Waals surface area contributed by atoms with Crippen molar-refractivity contribution in [2.24, 2.45) is 11.1 Å². The minimum atomic E-state index is -3.61. The van der Waals surface area contributed by atoms with Crippen LogP contribution in [-0.2, 0) is 10.0 Å². The Morgan fingerprint density at radius 1 is 1.48 bits per heavy atom. The van der Waals surface area contributed by atoms with Crippen LogP contribution in [0, 0.1) is 5.41 Å². The van der Waals surface area contributed by atoms with Crippen LogP contribution in [0.15, 0.2) is 17.2 Å². The highest BCUT2D eigenvalue weighted by Crippen LogP contribution is 2.28. The van der Waals surface area contributed by atoms with Crippen molar-refractivity contribution in [3.05, 3.63) is 18.0 Å². The second-order valence-corrected chi connectivity index (χ2v) is 8.85. The summed E-state index contributed by atoms with van der Waals surface area (Å²) in [6, 6.07) is 1.23. The van der Waals surface area contributed by atoms with E-state index >= 15 is 0 Å². The number of carbonyl (C=O) groups excluding carboxylic acids is 1. The average molecular weight is 342 g/mol. The Morgan fingerprint density at radius 2 is 2.13 bits per heavy atom. The quantitative estimate of drug-likeness (QED) is 0.755. The zero-order valence-corrected chi connectivity index (χ0v) is 14.9. The topological polar surface area (TPSA) is 108 Å². The fourth-order valence-electron chi connectivity index (χ4n) is 2.75. The van der Waals surface area contributed by atoms with Gasteiger partial charge in [0.1, 0.15) is 10.6 Å². The number of carbonyl (C=O) groups is 1. The monoisotopic (exact) mass is 342 g/mol. The van der Waals surface area contributed by atoms with E-state index in [0.717, 1.165) is 6.42 Å². The molecule has 0 aliphatic carbocycles. The van der Waals surface area contributed by atoms with Gasteiger partial charge in [0.2, 0.25) is 10.0 Å². The van der Waals surface area contributed by atoms with Crippen molar-refractivity contribution in [3.63, 3.8) is 0 Å². The number of hydrogen-bond acceptors (Lipinski definition) is 4. The molecule has 1 aliphatic rings. The number of nitrogens with two attached hydrogens (primary N) is 1. The third kappa shape index (κ3) is 3.94. The van der Waals surface area contributed by atoms with Crippen LogP contribution in [0.3, 0.4) is 0 Å². The van der Waals surface area contributed by atoms with Crippen LogP contribution in [0.1, 0.15) is 44.6 Å². The van der Waals surface area contributed by atoms with E-state index in [-0.39, 0.29) is 34.0 Å². The Labute approximate surface area is 137 Å². The van der Waals surface area contributed by atoms with Gasteiger partial charge in [-0.1, -0.05) is 13.8 Å². The Kier molecular flexibility index (Phi) is 4.89. The fourth-order valence-corrected chi connectivity index (χ4v) is 3.99. The predicted molar refractivity (Wildman–Crippen MR) is 88.5 cm³/mol. The summed E-state index contributed by atoms with van der Waals surface area (Å²) >= 11 is 0. The van der Waals surface area contributed by atoms with Crippen LogP contribution >= 0.6 is 0 Å². The van der Waals surface area contributed by atoms with Crippen molar-refractivity contribution < 1.29 is 13.2 Å². The van der Waals surface area contributed by atoms with Crippen LogP contribution in [0.25, 0.3) is 0 Å². The molecule has 1 aromatic heterocycles. The van der Waals surface area contributed by atoms with Crippen molar-refractivity contribution in [1.29, 1.82) is 0 Å². The van der Waals surface area contributed by atoms with E-state index in [4.69, 9.17) is 5.73 Å². The van der Waals surface area contributed by atoms with Gasteiger partial charge in [-0.25, -0.2) is 13.1 Å². The first-order valence-electron chi connectivity index (χ1n) is 7.78. The van der Waals surface area contributed by atoms with Gasteiger partial charge in [-0.15, -0.1) is 0 Å². The third-order valence-electron chi connectivity index (χ3n) is 4.19. The molecular formula is C15H26N4O3S. The van der Waals surface area contributed by atoms with Gasteiger partial charge in [0.15, 0.2) is 0 Å². The van der Waals surface area contributed by atoms with Gasteiger partial charge < -0.3 is 15.6 Å². The lowest BCUT2D eigenvalue weighted by atomic mass is 9.79. The van der Waals surface area contributed by atoms with E-state index in [1.807, 2.05) is 13.8 Å². The summed E-state index contributed by atoms with van der Waals surface area (Å²) in [4.78, 5) is 17.2. The first kappa shape index (κ1) is 18.0. The minimum absolute atomic E-state index is 0.0568. The Morgan fingerprint density at radius 3 is 2.70 bits per heavy atom. The maximum atomic E-state index is 12.6. The summed E-state index contributed by atoms with van der Waals surface area (Å²) in [5.41, 5.74) is 6.21. The number of amides is 1. The summed E-state index contributed by atoms with van der Waals surface area (Å²) < 4.78 is 26.8. The number of sulfonamides is 1. The van der Waals surface area contributed by atoms with Gasteiger partial charge in [0, 0.05) is 31.4 Å². The zero-order valence-electron chi connectivity index (χ0n) is 14.1. The lowest BCUT2D eigenvalue weighted by Crippen LogP contribution is -2.54. The first-order valence-corrected chi connectivity index (χ1v) is 9.27. The zero-order chi connectivity index (χ0) is 17.4. The van der Waals surface area contributed by atoms with Crippen LogP contribution in [0.5, 0.6) is 0 Å². The summed E-state index contributed by atoms with van der Waals surface area (Å²) in [5.74, 6) is -0.198. The number of rotatable bonds is 4. The Bertz CT molecular complexity index is 679. The number of H-pyrrole nitrogens is 1. The molecule has 2 heterocycles. The smallest absolute Gasteiger partial charge is 0.270 e. The molecule has 1 aliphatic heterocycles. The summed E-state index contributed by atoms with van der Waals surface area (Å²) in [6.45, 7) is 8.69. The van der Waals surface area contributed by atoms with Gasteiger partial charge in [-0.3, -0.25) is 4.79 Å². The fraction of sp³-hybridized carbons (Fsp3) is 0.667. The van der Waals surface area contributed by atoms with E-state index < -0.39 is 10.0 Å². The Balaban J connectivity index is 2.16. The molecule has 0 aromatic carbocycles. The largest absolute Gasteiger partial charge is 0.356 e. The van der Waals surface area contributed by atoms with Gasteiger partial charge in [-0.2, -0.15) is 0 Å². The van der Waals surface area contributed by atoms with E-state index in [1.165, 1.54) is 12.3 Å². The second kappa shape index (κ2) is 6.26. The molecule has 0 radical (unpaired) electrons. The minimum Gasteiger partial charge on any atom is -0.356 e. The highest BCUT2D eigenvalue weighted by atomic mass is 32.2. The van der Waals surface area contributed by atoms with Crippen molar-refractivity contribution in [2.45, 2.75) is 51.1 Å². The molecule has 0 bridgehead atoms. The number of piperidine rings is 1. The highest BCUT2D eigenvalue weighted by molar-refractivity contribution is 7.89. The predicted octanol–water partition coefficient (Wildman–Crippen LogP) is 0.901. The second-order valence-electron chi connectivity index (χ2n) is 7.14. The molecule has 0 saturated carbocycles. The molecule has 1 fully saturated rings. The van der Waals surface area contributed by atoms with Crippen LogP contribution in [-0.4, -0.2) is 49.4 Å². The molecule has 23 heavy (non-hydrogen) atoms. The molecule has 1 atom stereocenters. The normalized spacial score (nSPS) is 21.7. The number of hydrogen-bond donors (Lipinski definition) is 3. The van der Waals surface area contributed by atoms with Crippen molar-refractivity contribution >= 4 is 15.9 Å². The molecule has 0 spiro atoms. The van der Waals surface area contributed by atoms with Crippen molar-refractivity contribution in [1.82, 2.24) is 14.6 Å². The first-order chi connectivity index (χ1) is 10.5. The molecule has 8 heteroatoms. The molecular weight excluding hydrogens is 316 g/mol. The molecule has 130 valence electrons. The SMILES string of the molecule is CC(C)NS(=O)(=O)c1c[nH]c(C(=O)N2CCC(N)C(C)(C)C2)c1. The van der Waals surface area contributed by atoms with Crippen molar-refractivity contribution in [3.8, 4) is 0 Å². The molecule has 1 unspecified atom stereocenters. The molecule has 7 nitrogen and oxygen atoms in total. The molecule has 4 N–H and O–H groups in total. The van der Waals surface area contributed by atoms with E-state index in [1.54, 1.807) is 18.7 Å². The van der Waals surface area contributed by atoms with Crippen LogP contribution in [0.4, 0.5) is 0 Å². The highest BCUT2D eigenvalue weighted by Gasteiger charge is 2.36. The molecule has 1 saturated heterocycles. The van der Waals surface area contributed by atoms with E-state index in [2.05, 4.69) is 9.71 Å². The third-order valence-corrected chi connectivity index (χ3v) is 5.83. The maximum Gasteiger partial charge on any atom is 0.270 e. The standard InChI is InChI=1S/C15H26N4O3S/c1-10(2)18-23(21,22)11-7-12(17-8-11)14(20)19-6-5-13(16)15(3,4)9-19/h7-8,10,13,17-18H,5-6,9,16H2,1-4H3. The number of nitrogens with zero attached hydrogens (tertiary/aromatic N) is 1. The number of aromatic nitrogens is 1. The number of likely N-dealkylation sites (tertiary alicyclic amines) is 1. The van der Waals surface area contributed by atoms with E-state index in [9.17, 15) is 13.2 Å². The number of nitrogens with one attached hydrogen (secondary N) is 2. The molecule has 1 aromatic rings. The summed E-state index contributed by atoms with van der Waals surface area (Å²) in [7, 11) is -3.61. The molecule has 1 amide bonds. The van der Waals surface area contributed by atoms with Crippen molar-refractivity contribution in [2.75, 3.05) is 13.1 Å². The average Bonchev–Trinajstić information content (AvgIpc) is 2.90. The van der Waals surface area contributed by atoms with Gasteiger partial charge in [0.05, 0.1) is 0 Å². The lowest BCUT2D eigenvalue weighted by molar-refractivity contribution is 0.0528. The number of aromatic amines is 1. The van der Waals surface area contributed by atoms with Crippen LogP contribution < -0.4 is 10.5 Å². The Hall–Kier alpha value is -1.38. The van der Waals surface area contributed by atoms with Gasteiger partial charge >= 0.3 is 0 Å². The lowest BCUT2D eigenvalue weighted by Gasteiger charge is -2.42. The molecule has 2 rings (SSSR count). The summed E-state index contributed by atoms with van der Waals surface area (Å²) in [6.07, 6.45) is 2.08. The van der Waals surface area contributed by atoms with Gasteiger partial charge in [0.25, 0.3) is 5.91 Å².